The van der Waals surface area contributed by atoms with E-state index < -0.39 is 17.9 Å². The molecule has 0 radical (unpaired) electrons. The zero-order valence-corrected chi connectivity index (χ0v) is 20.6. The monoisotopic (exact) mass is 472 g/mol. The first-order valence-corrected chi connectivity index (χ1v) is 11.3. The van der Waals surface area contributed by atoms with E-state index in [-0.39, 0.29) is 24.3 Å². The van der Waals surface area contributed by atoms with E-state index in [1.165, 1.54) is 12.1 Å². The van der Waals surface area contributed by atoms with Crippen LogP contribution in [0.25, 0.3) is 17.2 Å². The summed E-state index contributed by atoms with van der Waals surface area (Å²) in [5.41, 5.74) is 3.51. The molecule has 0 aliphatic carbocycles. The van der Waals surface area contributed by atoms with Gasteiger partial charge in [0.1, 0.15) is 5.82 Å². The average molecular weight is 473 g/mol. The number of carbonyl (C=O) groups is 1. The first kappa shape index (κ1) is 25.7. The molecule has 0 spiro atoms. The van der Waals surface area contributed by atoms with Crippen molar-refractivity contribution < 1.29 is 33.2 Å². The van der Waals surface area contributed by atoms with Gasteiger partial charge >= 0.3 is 5.97 Å². The number of benzene rings is 2. The van der Waals surface area contributed by atoms with Crippen molar-refractivity contribution in [2.24, 2.45) is 0 Å². The summed E-state index contributed by atoms with van der Waals surface area (Å²) in [7, 11) is 3.17. The van der Waals surface area contributed by atoms with Crippen molar-refractivity contribution in [2.45, 2.75) is 64.4 Å². The minimum Gasteiger partial charge on any atom is -0.493 e. The molecule has 3 rings (SSSR count). The molecule has 1 N–H and O–H groups in total. The molecule has 0 amide bonds. The van der Waals surface area contributed by atoms with Gasteiger partial charge in [-0.2, -0.15) is 0 Å². The van der Waals surface area contributed by atoms with Crippen molar-refractivity contribution in [1.82, 2.24) is 0 Å². The van der Waals surface area contributed by atoms with Crippen molar-refractivity contribution in [3.63, 3.8) is 0 Å². The second-order valence-corrected chi connectivity index (χ2v) is 9.14. The van der Waals surface area contributed by atoms with Crippen LogP contribution < -0.4 is 9.47 Å². The lowest BCUT2D eigenvalue weighted by molar-refractivity contribution is -0.290. The summed E-state index contributed by atoms with van der Waals surface area (Å²) in [6.45, 7) is 7.73. The first-order valence-electron chi connectivity index (χ1n) is 11.3. The molecule has 1 fully saturated rings. The van der Waals surface area contributed by atoms with Crippen LogP contribution >= 0.6 is 0 Å². The van der Waals surface area contributed by atoms with Gasteiger partial charge in [0.05, 0.1) is 32.8 Å². The molecule has 0 bridgehead atoms. The van der Waals surface area contributed by atoms with Crippen LogP contribution in [0.3, 0.4) is 0 Å². The van der Waals surface area contributed by atoms with E-state index in [2.05, 4.69) is 13.8 Å². The molecule has 34 heavy (non-hydrogen) atoms. The minimum atomic E-state index is -0.911. The van der Waals surface area contributed by atoms with E-state index in [1.807, 2.05) is 18.2 Å². The average Bonchev–Trinajstić information content (AvgIpc) is 2.75. The molecule has 0 saturated carbocycles. The van der Waals surface area contributed by atoms with Crippen LogP contribution in [0.2, 0.25) is 0 Å². The Morgan fingerprint density at radius 3 is 2.44 bits per heavy atom. The number of hydrogen-bond donors (Lipinski definition) is 1. The van der Waals surface area contributed by atoms with E-state index in [4.69, 9.17) is 18.9 Å². The number of halogens is 1. The highest BCUT2D eigenvalue weighted by Gasteiger charge is 2.35. The maximum absolute atomic E-state index is 13.7. The molecule has 184 valence electrons. The summed E-state index contributed by atoms with van der Waals surface area (Å²) >= 11 is 0. The van der Waals surface area contributed by atoms with Crippen LogP contribution in [0, 0.1) is 5.82 Å². The maximum Gasteiger partial charge on any atom is 0.305 e. The number of ether oxygens (including phenoxy) is 4. The Labute approximate surface area is 200 Å². The summed E-state index contributed by atoms with van der Waals surface area (Å²) in [5, 5.41) is 9.23. The predicted octanol–water partition coefficient (Wildman–Crippen LogP) is 6.03. The van der Waals surface area contributed by atoms with Gasteiger partial charge in [-0.25, -0.2) is 4.39 Å². The molecule has 1 aliphatic rings. The van der Waals surface area contributed by atoms with Crippen molar-refractivity contribution in [3.05, 3.63) is 53.4 Å². The van der Waals surface area contributed by atoms with Crippen LogP contribution in [-0.4, -0.2) is 43.3 Å². The number of rotatable bonds is 8. The van der Waals surface area contributed by atoms with E-state index in [9.17, 15) is 14.3 Å². The Balaban J connectivity index is 2.13. The largest absolute Gasteiger partial charge is 0.493 e. The fourth-order valence-electron chi connectivity index (χ4n) is 4.38. The molecule has 0 aromatic heterocycles. The first-order chi connectivity index (χ1) is 16.0. The summed E-state index contributed by atoms with van der Waals surface area (Å²) in [6.07, 6.45) is 3.43. The molecular weight excluding hydrogens is 439 g/mol. The zero-order valence-electron chi connectivity index (χ0n) is 20.6. The third-order valence-corrected chi connectivity index (χ3v) is 5.76. The molecule has 1 saturated heterocycles. The number of carboxylic acid groups (broad SMARTS) is 1. The van der Waals surface area contributed by atoms with E-state index in [0.29, 0.717) is 17.9 Å². The van der Waals surface area contributed by atoms with Gasteiger partial charge in [0.15, 0.2) is 17.3 Å². The van der Waals surface area contributed by atoms with Crippen LogP contribution in [0.5, 0.6) is 11.5 Å². The van der Waals surface area contributed by atoms with Crippen molar-refractivity contribution in [1.29, 1.82) is 0 Å². The lowest BCUT2D eigenvalue weighted by atomic mass is 9.88. The summed E-state index contributed by atoms with van der Waals surface area (Å²) in [6, 6.07) is 8.21. The van der Waals surface area contributed by atoms with Crippen molar-refractivity contribution in [3.8, 4) is 22.6 Å². The Bertz CT molecular complexity index is 1040. The highest BCUT2D eigenvalue weighted by Crippen LogP contribution is 2.45. The van der Waals surface area contributed by atoms with Crippen LogP contribution in [0.4, 0.5) is 4.39 Å². The molecule has 2 aromatic rings. The minimum absolute atomic E-state index is 0.0917. The fourth-order valence-corrected chi connectivity index (χ4v) is 4.38. The van der Waals surface area contributed by atoms with Gasteiger partial charge in [-0.3, -0.25) is 4.79 Å². The zero-order chi connectivity index (χ0) is 25.0. The Hall–Kier alpha value is -2.90. The van der Waals surface area contributed by atoms with Gasteiger partial charge in [0.2, 0.25) is 0 Å². The topological polar surface area (TPSA) is 74.2 Å². The Kier molecular flexibility index (Phi) is 8.00. The third-order valence-electron chi connectivity index (χ3n) is 5.76. The molecule has 2 aromatic carbocycles. The van der Waals surface area contributed by atoms with Crippen molar-refractivity contribution in [2.75, 3.05) is 14.2 Å². The number of hydrogen-bond acceptors (Lipinski definition) is 5. The molecule has 2 atom stereocenters. The lowest BCUT2D eigenvalue weighted by Crippen LogP contribution is -2.44. The summed E-state index contributed by atoms with van der Waals surface area (Å²) in [4.78, 5) is 11.2. The molecule has 6 nitrogen and oxygen atoms in total. The van der Waals surface area contributed by atoms with Crippen molar-refractivity contribution >= 4 is 12.0 Å². The number of aliphatic carboxylic acids is 1. The van der Waals surface area contributed by atoms with Gasteiger partial charge in [-0.05, 0) is 54.7 Å². The summed E-state index contributed by atoms with van der Waals surface area (Å²) < 4.78 is 36.9. The number of methoxy groups -OCH3 is 2. The predicted molar refractivity (Wildman–Crippen MR) is 129 cm³/mol. The van der Waals surface area contributed by atoms with Gasteiger partial charge < -0.3 is 24.1 Å². The third kappa shape index (κ3) is 5.96. The second kappa shape index (κ2) is 10.6. The van der Waals surface area contributed by atoms with Crippen LogP contribution in [0.1, 0.15) is 57.6 Å². The highest BCUT2D eigenvalue weighted by atomic mass is 19.1. The molecular formula is C27H33FO6. The molecule has 1 aliphatic heterocycles. The standard InChI is InChI=1S/C27H33FO6/c1-16(2)22-15-23(31-5)26(32-6)25(17-7-9-18(28)10-8-17)21(22)12-11-19-13-20(14-24(29)30)34-27(3,4)33-19/h7-12,15-16,19-20H,13-14H2,1-6H3,(H,29,30)/b12-11+. The Morgan fingerprint density at radius 1 is 1.21 bits per heavy atom. The van der Waals surface area contributed by atoms with Gasteiger partial charge in [-0.15, -0.1) is 0 Å². The van der Waals surface area contributed by atoms with E-state index in [1.54, 1.807) is 40.2 Å². The maximum atomic E-state index is 13.7. The quantitative estimate of drug-likeness (QED) is 0.506. The number of carboxylic acids is 1. The van der Waals surface area contributed by atoms with Crippen LogP contribution in [-0.2, 0) is 14.3 Å². The lowest BCUT2D eigenvalue weighted by Gasteiger charge is -2.39. The second-order valence-electron chi connectivity index (χ2n) is 9.14. The fraction of sp³-hybridized carbons (Fsp3) is 0.444. The summed E-state index contributed by atoms with van der Waals surface area (Å²) in [5.74, 6) is -0.848. The van der Waals surface area contributed by atoms with Gasteiger partial charge in [0.25, 0.3) is 0 Å². The van der Waals surface area contributed by atoms with E-state index in [0.717, 1.165) is 22.3 Å². The van der Waals surface area contributed by atoms with E-state index >= 15 is 0 Å². The molecule has 1 heterocycles. The molecule has 7 heteroatoms. The van der Waals surface area contributed by atoms with Gasteiger partial charge in [0, 0.05) is 12.0 Å². The molecule has 2 unspecified atom stereocenters. The SMILES string of the molecule is COc1cc(C(C)C)c(/C=C/C2CC(CC(=O)O)OC(C)(C)O2)c(-c2ccc(F)cc2)c1OC. The Morgan fingerprint density at radius 2 is 1.88 bits per heavy atom. The normalized spacial score (nSPS) is 20.0. The van der Waals surface area contributed by atoms with Gasteiger partial charge in [-0.1, -0.05) is 38.1 Å². The van der Waals surface area contributed by atoms with Crippen LogP contribution in [0.15, 0.2) is 36.4 Å². The smallest absolute Gasteiger partial charge is 0.305 e. The highest BCUT2D eigenvalue weighted by molar-refractivity contribution is 5.85.